The van der Waals surface area contributed by atoms with Crippen molar-refractivity contribution in [2.24, 2.45) is 0 Å². The van der Waals surface area contributed by atoms with E-state index in [4.69, 9.17) is 10.00 Å². The Labute approximate surface area is 206 Å². The number of likely N-dealkylation sites (tertiary alicyclic amines) is 1. The molecule has 0 saturated carbocycles. The van der Waals surface area contributed by atoms with Crippen molar-refractivity contribution in [2.45, 2.75) is 24.9 Å². The molecule has 0 bridgehead atoms. The number of hydrogen-bond acceptors (Lipinski definition) is 6. The summed E-state index contributed by atoms with van der Waals surface area (Å²) in [4.78, 5) is 19.3. The largest absolute Gasteiger partial charge is 0.573 e. The second-order valence-corrected chi connectivity index (χ2v) is 8.30. The first-order chi connectivity index (χ1) is 17.3. The third-order valence-corrected chi connectivity index (χ3v) is 5.91. The van der Waals surface area contributed by atoms with E-state index < -0.39 is 6.36 Å². The van der Waals surface area contributed by atoms with Crippen molar-refractivity contribution in [3.8, 4) is 17.7 Å². The van der Waals surface area contributed by atoms with E-state index in [9.17, 15) is 18.0 Å². The van der Waals surface area contributed by atoms with Gasteiger partial charge in [0.1, 0.15) is 5.75 Å². The third-order valence-electron chi connectivity index (χ3n) is 5.91. The number of carbonyl (C=O) groups is 1. The molecule has 2 heterocycles. The van der Waals surface area contributed by atoms with Crippen LogP contribution in [0.3, 0.4) is 0 Å². The Balaban J connectivity index is 1.47. The van der Waals surface area contributed by atoms with Crippen LogP contribution in [0.4, 0.5) is 13.2 Å². The van der Waals surface area contributed by atoms with Gasteiger partial charge in [0.15, 0.2) is 0 Å². The number of nitrogens with one attached hydrogen (secondary N) is 1. The highest BCUT2D eigenvalue weighted by Crippen LogP contribution is 2.32. The number of carbonyl (C=O) groups excluding carboxylic acids is 1. The summed E-state index contributed by atoms with van der Waals surface area (Å²) in [7, 11) is 1.55. The zero-order chi connectivity index (χ0) is 25.7. The van der Waals surface area contributed by atoms with E-state index in [0.29, 0.717) is 31.0 Å². The Hall–Kier alpha value is -4.10. The molecular formula is C26H23F3N4O3. The lowest BCUT2D eigenvalue weighted by atomic mass is 9.97. The van der Waals surface area contributed by atoms with E-state index in [2.05, 4.69) is 26.0 Å². The molecule has 1 aliphatic heterocycles. The van der Waals surface area contributed by atoms with Gasteiger partial charge in [0.2, 0.25) is 5.88 Å². The van der Waals surface area contributed by atoms with E-state index in [1.807, 2.05) is 18.2 Å². The summed E-state index contributed by atoms with van der Waals surface area (Å²) in [5.41, 5.74) is 2.72. The van der Waals surface area contributed by atoms with Crippen LogP contribution in [-0.4, -0.2) is 48.4 Å². The van der Waals surface area contributed by atoms with Gasteiger partial charge in [-0.2, -0.15) is 5.26 Å². The Bertz CT molecular complexity index is 1220. The Morgan fingerprint density at radius 3 is 2.39 bits per heavy atom. The van der Waals surface area contributed by atoms with Crippen molar-refractivity contribution >= 4 is 5.91 Å². The SMILES string of the molecule is COc1ccc(C(c2ccc(C#N)cc2)N2CC[C@@H](NC(=O)c3ccc(OC(F)(F)F)cc3)C2)cn1. The first-order valence-corrected chi connectivity index (χ1v) is 11.2. The van der Waals surface area contributed by atoms with Crippen molar-refractivity contribution in [1.29, 1.82) is 5.26 Å². The van der Waals surface area contributed by atoms with Gasteiger partial charge in [-0.05, 0) is 53.9 Å². The molecule has 0 aliphatic carbocycles. The normalized spacial score (nSPS) is 16.7. The number of aromatic nitrogens is 1. The van der Waals surface area contributed by atoms with Gasteiger partial charge in [-0.1, -0.05) is 18.2 Å². The molecule has 1 aliphatic rings. The number of amides is 1. The van der Waals surface area contributed by atoms with E-state index in [-0.39, 0.29) is 29.3 Å². The minimum Gasteiger partial charge on any atom is -0.481 e. The van der Waals surface area contributed by atoms with Gasteiger partial charge < -0.3 is 14.8 Å². The quantitative estimate of drug-likeness (QED) is 0.520. The maximum atomic E-state index is 12.7. The predicted molar refractivity (Wildman–Crippen MR) is 124 cm³/mol. The molecule has 0 spiro atoms. The number of nitriles is 1. The maximum Gasteiger partial charge on any atom is 0.573 e. The molecule has 1 fully saturated rings. The molecule has 1 aromatic heterocycles. The van der Waals surface area contributed by atoms with Crippen LogP contribution in [0, 0.1) is 11.3 Å². The standard InChI is InChI=1S/C26H23F3N4O3/c1-35-23-11-8-20(15-31-23)24(18-4-2-17(14-30)3-5-18)33-13-12-21(16-33)32-25(34)19-6-9-22(10-7-19)36-26(27,28)29/h2-11,15,21,24H,12-13,16H2,1H3,(H,32,34)/t21-,24?/m1/s1. The van der Waals surface area contributed by atoms with Crippen molar-refractivity contribution in [1.82, 2.24) is 15.2 Å². The first kappa shape index (κ1) is 25.0. The zero-order valence-electron chi connectivity index (χ0n) is 19.3. The monoisotopic (exact) mass is 496 g/mol. The Morgan fingerprint density at radius 1 is 1.11 bits per heavy atom. The molecule has 3 aromatic rings. The van der Waals surface area contributed by atoms with Gasteiger partial charge in [0, 0.05) is 37.0 Å². The summed E-state index contributed by atoms with van der Waals surface area (Å²) in [6, 6.07) is 17.7. The molecule has 10 heteroatoms. The molecule has 2 atom stereocenters. The van der Waals surface area contributed by atoms with E-state index in [1.54, 1.807) is 31.5 Å². The van der Waals surface area contributed by atoms with Crippen LogP contribution in [0.2, 0.25) is 0 Å². The molecule has 2 aromatic carbocycles. The van der Waals surface area contributed by atoms with Crippen LogP contribution < -0.4 is 14.8 Å². The third kappa shape index (κ3) is 6.12. The van der Waals surface area contributed by atoms with Crippen molar-refractivity contribution in [3.05, 3.63) is 89.1 Å². The molecule has 7 nitrogen and oxygen atoms in total. The molecule has 1 saturated heterocycles. The molecule has 36 heavy (non-hydrogen) atoms. The molecule has 1 amide bonds. The first-order valence-electron chi connectivity index (χ1n) is 11.2. The highest BCUT2D eigenvalue weighted by Gasteiger charge is 2.32. The van der Waals surface area contributed by atoms with Crippen LogP contribution in [0.5, 0.6) is 11.6 Å². The summed E-state index contributed by atoms with van der Waals surface area (Å²) in [5, 5.41) is 12.1. The molecule has 1 N–H and O–H groups in total. The molecular weight excluding hydrogens is 473 g/mol. The van der Waals surface area contributed by atoms with Crippen molar-refractivity contribution in [3.63, 3.8) is 0 Å². The number of alkyl halides is 3. The van der Waals surface area contributed by atoms with Gasteiger partial charge in [-0.3, -0.25) is 9.69 Å². The average molecular weight is 496 g/mol. The second-order valence-electron chi connectivity index (χ2n) is 8.30. The molecule has 186 valence electrons. The summed E-state index contributed by atoms with van der Waals surface area (Å²) >= 11 is 0. The number of benzene rings is 2. The summed E-state index contributed by atoms with van der Waals surface area (Å²) in [5.74, 6) is -0.263. The Kier molecular flexibility index (Phi) is 7.41. The predicted octanol–water partition coefficient (Wildman–Crippen LogP) is 4.45. The maximum absolute atomic E-state index is 12.7. The molecule has 4 rings (SSSR count). The number of methoxy groups -OCH3 is 1. The van der Waals surface area contributed by atoms with E-state index in [0.717, 1.165) is 23.3 Å². The zero-order valence-corrected chi connectivity index (χ0v) is 19.3. The van der Waals surface area contributed by atoms with Crippen LogP contribution in [0.15, 0.2) is 66.9 Å². The number of nitrogens with zero attached hydrogens (tertiary/aromatic N) is 3. The highest BCUT2D eigenvalue weighted by molar-refractivity contribution is 5.94. The van der Waals surface area contributed by atoms with Gasteiger partial charge in [-0.25, -0.2) is 4.98 Å². The number of hydrogen-bond donors (Lipinski definition) is 1. The topological polar surface area (TPSA) is 87.5 Å². The minimum atomic E-state index is -4.79. The number of halogens is 3. The van der Waals surface area contributed by atoms with E-state index in [1.165, 1.54) is 12.1 Å². The lowest BCUT2D eigenvalue weighted by molar-refractivity contribution is -0.274. The van der Waals surface area contributed by atoms with E-state index >= 15 is 0 Å². The van der Waals surface area contributed by atoms with Gasteiger partial charge in [0.05, 0.1) is 24.8 Å². The van der Waals surface area contributed by atoms with Crippen LogP contribution in [-0.2, 0) is 0 Å². The van der Waals surface area contributed by atoms with Crippen molar-refractivity contribution < 1.29 is 27.4 Å². The summed E-state index contributed by atoms with van der Waals surface area (Å²) < 4.78 is 46.1. The van der Waals surface area contributed by atoms with Gasteiger partial charge in [0.25, 0.3) is 5.91 Å². The fraction of sp³-hybridized carbons (Fsp3) is 0.269. The summed E-state index contributed by atoms with van der Waals surface area (Å²) in [6.45, 7) is 1.25. The van der Waals surface area contributed by atoms with Crippen LogP contribution in [0.1, 0.15) is 39.5 Å². The lowest BCUT2D eigenvalue weighted by Gasteiger charge is -2.29. The highest BCUT2D eigenvalue weighted by atomic mass is 19.4. The number of rotatable bonds is 7. The average Bonchev–Trinajstić information content (AvgIpc) is 3.32. The second kappa shape index (κ2) is 10.7. The molecule has 0 radical (unpaired) electrons. The van der Waals surface area contributed by atoms with Crippen LogP contribution >= 0.6 is 0 Å². The number of ether oxygens (including phenoxy) is 2. The molecule has 1 unspecified atom stereocenters. The lowest BCUT2D eigenvalue weighted by Crippen LogP contribution is -2.38. The Morgan fingerprint density at radius 2 is 1.81 bits per heavy atom. The fourth-order valence-corrected chi connectivity index (χ4v) is 4.24. The summed E-state index contributed by atoms with van der Waals surface area (Å²) in [6.07, 6.45) is -2.35. The van der Waals surface area contributed by atoms with Gasteiger partial charge in [-0.15, -0.1) is 13.2 Å². The smallest absolute Gasteiger partial charge is 0.481 e. The van der Waals surface area contributed by atoms with Crippen LogP contribution in [0.25, 0.3) is 0 Å². The fourth-order valence-electron chi connectivity index (χ4n) is 4.24. The number of pyridine rings is 1. The van der Waals surface area contributed by atoms with Crippen molar-refractivity contribution in [2.75, 3.05) is 20.2 Å². The van der Waals surface area contributed by atoms with Gasteiger partial charge >= 0.3 is 6.36 Å². The minimum absolute atomic E-state index is 0.156.